The van der Waals surface area contributed by atoms with Crippen molar-refractivity contribution >= 4 is 0 Å². The molecule has 0 aromatic carbocycles. The Morgan fingerprint density at radius 1 is 1.46 bits per heavy atom. The lowest BCUT2D eigenvalue weighted by atomic mass is 10.2. The molecule has 13 heavy (non-hydrogen) atoms. The van der Waals surface area contributed by atoms with Gasteiger partial charge in [-0.1, -0.05) is 0 Å². The first-order chi connectivity index (χ1) is 6.01. The van der Waals surface area contributed by atoms with Gasteiger partial charge in [0.1, 0.15) is 0 Å². The van der Waals surface area contributed by atoms with E-state index in [9.17, 15) is 13.2 Å². The van der Waals surface area contributed by atoms with Crippen LogP contribution >= 0.6 is 0 Å². The van der Waals surface area contributed by atoms with Crippen LogP contribution in [0.2, 0.25) is 0 Å². The lowest BCUT2D eigenvalue weighted by Crippen LogP contribution is -2.26. The molecule has 0 radical (unpaired) electrons. The maximum atomic E-state index is 11.7. The zero-order valence-corrected chi connectivity index (χ0v) is 7.23. The van der Waals surface area contributed by atoms with E-state index in [4.69, 9.17) is 4.74 Å². The van der Waals surface area contributed by atoms with E-state index in [1.807, 2.05) is 0 Å². The van der Waals surface area contributed by atoms with Gasteiger partial charge in [0.05, 0.1) is 12.7 Å². The van der Waals surface area contributed by atoms with Crippen molar-refractivity contribution in [2.45, 2.75) is 24.9 Å². The van der Waals surface area contributed by atoms with Gasteiger partial charge >= 0.3 is 6.36 Å². The molecular weight excluding hydrogens is 187 g/mol. The maximum Gasteiger partial charge on any atom is 0.522 e. The third kappa shape index (κ3) is 3.93. The Bertz CT molecular complexity index is 162. The summed E-state index contributed by atoms with van der Waals surface area (Å²) in [6, 6.07) is -0.0302. The standard InChI is InChI=1S/C7H12F3NO2/c1-12-4-5-2-6(3-11-5)13-7(8,9)10/h5-6,11H,2-4H2,1H3/t5-,6+/m0/s1. The van der Waals surface area contributed by atoms with Crippen LogP contribution in [0.5, 0.6) is 0 Å². The number of halogens is 3. The van der Waals surface area contributed by atoms with Crippen molar-refractivity contribution in [1.82, 2.24) is 5.32 Å². The molecule has 0 saturated carbocycles. The SMILES string of the molecule is COC[C@@H]1C[C@@H](OC(F)(F)F)CN1. The first-order valence-electron chi connectivity index (χ1n) is 3.98. The van der Waals surface area contributed by atoms with Gasteiger partial charge in [-0.25, -0.2) is 0 Å². The summed E-state index contributed by atoms with van der Waals surface area (Å²) < 4.78 is 43.9. The van der Waals surface area contributed by atoms with E-state index in [1.165, 1.54) is 7.11 Å². The maximum absolute atomic E-state index is 11.7. The van der Waals surface area contributed by atoms with Crippen molar-refractivity contribution in [3.05, 3.63) is 0 Å². The second kappa shape index (κ2) is 4.26. The summed E-state index contributed by atoms with van der Waals surface area (Å²) in [6.45, 7) is 0.644. The van der Waals surface area contributed by atoms with Crippen molar-refractivity contribution in [2.24, 2.45) is 0 Å². The number of methoxy groups -OCH3 is 1. The second-order valence-corrected chi connectivity index (χ2v) is 2.98. The third-order valence-electron chi connectivity index (χ3n) is 1.85. The van der Waals surface area contributed by atoms with Crippen molar-refractivity contribution in [3.63, 3.8) is 0 Å². The van der Waals surface area contributed by atoms with Crippen molar-refractivity contribution in [2.75, 3.05) is 20.3 Å². The summed E-state index contributed by atoms with van der Waals surface area (Å²) in [5.74, 6) is 0. The van der Waals surface area contributed by atoms with Crippen LogP contribution in [0.3, 0.4) is 0 Å². The quantitative estimate of drug-likeness (QED) is 0.732. The Kier molecular flexibility index (Phi) is 3.52. The van der Waals surface area contributed by atoms with E-state index in [-0.39, 0.29) is 12.6 Å². The minimum absolute atomic E-state index is 0.0302. The van der Waals surface area contributed by atoms with Crippen LogP contribution in [0.15, 0.2) is 0 Å². The van der Waals surface area contributed by atoms with Gasteiger partial charge in [0, 0.05) is 19.7 Å². The van der Waals surface area contributed by atoms with E-state index in [1.54, 1.807) is 0 Å². The molecule has 3 nitrogen and oxygen atoms in total. The molecule has 1 aliphatic rings. The minimum atomic E-state index is -4.53. The van der Waals surface area contributed by atoms with Gasteiger partial charge in [0.25, 0.3) is 0 Å². The first-order valence-corrected chi connectivity index (χ1v) is 3.98. The van der Waals surface area contributed by atoms with Gasteiger partial charge in [-0.15, -0.1) is 13.2 Å². The molecule has 0 spiro atoms. The summed E-state index contributed by atoms with van der Waals surface area (Å²) in [5, 5.41) is 2.88. The van der Waals surface area contributed by atoms with Crippen LogP contribution in [0.1, 0.15) is 6.42 Å². The lowest BCUT2D eigenvalue weighted by molar-refractivity contribution is -0.340. The fourth-order valence-electron chi connectivity index (χ4n) is 1.39. The summed E-state index contributed by atoms with van der Waals surface area (Å²) >= 11 is 0. The highest BCUT2D eigenvalue weighted by molar-refractivity contribution is 4.82. The fraction of sp³-hybridized carbons (Fsp3) is 1.00. The van der Waals surface area contributed by atoms with E-state index >= 15 is 0 Å². The molecule has 1 saturated heterocycles. The number of hydrogen-bond donors (Lipinski definition) is 1. The molecule has 0 aromatic rings. The fourth-order valence-corrected chi connectivity index (χ4v) is 1.39. The number of rotatable bonds is 3. The average molecular weight is 199 g/mol. The molecule has 0 aromatic heterocycles. The summed E-state index contributed by atoms with van der Waals surface area (Å²) in [4.78, 5) is 0. The average Bonchev–Trinajstić information content (AvgIpc) is 2.33. The second-order valence-electron chi connectivity index (χ2n) is 2.98. The van der Waals surface area contributed by atoms with Crippen molar-refractivity contribution in [3.8, 4) is 0 Å². The van der Waals surface area contributed by atoms with Crippen molar-refractivity contribution in [1.29, 1.82) is 0 Å². The molecular formula is C7H12F3NO2. The Labute approximate surface area is 74.2 Å². The Morgan fingerprint density at radius 2 is 2.15 bits per heavy atom. The first kappa shape index (κ1) is 10.7. The molecule has 0 aliphatic carbocycles. The van der Waals surface area contributed by atoms with Crippen molar-refractivity contribution < 1.29 is 22.6 Å². The number of alkyl halides is 3. The summed E-state index contributed by atoms with van der Waals surface area (Å²) in [6.07, 6.45) is -4.97. The van der Waals surface area contributed by atoms with Crippen LogP contribution in [0.4, 0.5) is 13.2 Å². The molecule has 0 bridgehead atoms. The van der Waals surface area contributed by atoms with E-state index in [2.05, 4.69) is 10.1 Å². The largest absolute Gasteiger partial charge is 0.522 e. The highest BCUT2D eigenvalue weighted by Gasteiger charge is 2.36. The molecule has 78 valence electrons. The van der Waals surface area contributed by atoms with Crippen LogP contribution in [-0.2, 0) is 9.47 Å². The molecule has 1 rings (SSSR count). The Morgan fingerprint density at radius 3 is 2.69 bits per heavy atom. The van der Waals surface area contributed by atoms with E-state index < -0.39 is 12.5 Å². The highest BCUT2D eigenvalue weighted by atomic mass is 19.4. The molecule has 1 N–H and O–H groups in total. The van der Waals surface area contributed by atoms with Crippen LogP contribution in [0.25, 0.3) is 0 Å². The number of hydrogen-bond acceptors (Lipinski definition) is 3. The molecule has 6 heteroatoms. The zero-order valence-electron chi connectivity index (χ0n) is 7.23. The van der Waals surface area contributed by atoms with Gasteiger partial charge < -0.3 is 10.1 Å². The zero-order chi connectivity index (χ0) is 9.90. The van der Waals surface area contributed by atoms with Gasteiger partial charge in [-0.3, -0.25) is 4.74 Å². The van der Waals surface area contributed by atoms with Gasteiger partial charge in [0.2, 0.25) is 0 Å². The van der Waals surface area contributed by atoms with Gasteiger partial charge in [-0.2, -0.15) is 0 Å². The topological polar surface area (TPSA) is 30.5 Å². The Balaban J connectivity index is 2.25. The number of nitrogens with one attached hydrogen (secondary N) is 1. The third-order valence-corrected chi connectivity index (χ3v) is 1.85. The molecule has 1 fully saturated rings. The molecule has 0 unspecified atom stereocenters. The van der Waals surface area contributed by atoms with Crippen LogP contribution < -0.4 is 5.32 Å². The van der Waals surface area contributed by atoms with Crippen LogP contribution in [-0.4, -0.2) is 38.8 Å². The molecule has 2 atom stereocenters. The summed E-state index contributed by atoms with van der Waals surface area (Å²) in [7, 11) is 1.51. The predicted octanol–water partition coefficient (Wildman–Crippen LogP) is 0.900. The monoisotopic (exact) mass is 199 g/mol. The molecule has 0 amide bonds. The highest BCUT2D eigenvalue weighted by Crippen LogP contribution is 2.22. The number of ether oxygens (including phenoxy) is 2. The summed E-state index contributed by atoms with van der Waals surface area (Å²) in [5.41, 5.74) is 0. The lowest BCUT2D eigenvalue weighted by Gasteiger charge is -2.13. The van der Waals surface area contributed by atoms with Gasteiger partial charge in [-0.05, 0) is 6.42 Å². The molecule has 1 heterocycles. The minimum Gasteiger partial charge on any atom is -0.383 e. The van der Waals surface area contributed by atoms with Crippen LogP contribution in [0, 0.1) is 0 Å². The van der Waals surface area contributed by atoms with E-state index in [0.717, 1.165) is 0 Å². The smallest absolute Gasteiger partial charge is 0.383 e. The normalized spacial score (nSPS) is 29.5. The Hall–Kier alpha value is -0.330. The predicted molar refractivity (Wildman–Crippen MR) is 39.2 cm³/mol. The molecule has 1 aliphatic heterocycles. The van der Waals surface area contributed by atoms with E-state index in [0.29, 0.717) is 13.0 Å². The van der Waals surface area contributed by atoms with Gasteiger partial charge in [0.15, 0.2) is 0 Å².